The monoisotopic (exact) mass is 2270 g/mol. The van der Waals surface area contributed by atoms with E-state index in [-0.39, 0.29) is 266 Å². The van der Waals surface area contributed by atoms with Crippen molar-refractivity contribution < 1.29 is 293 Å². The van der Waals surface area contributed by atoms with Gasteiger partial charge in [0.25, 0.3) is 6.47 Å². The zero-order valence-corrected chi connectivity index (χ0v) is 84.7. The molecule has 6 aromatic carbocycles. The number of benzene rings is 6. The zero-order valence-electron chi connectivity index (χ0n) is 63.6. The number of hydrogen-bond donors (Lipinski definition) is 13. The van der Waals surface area contributed by atoms with Crippen LogP contribution in [0.1, 0.15) is 176 Å². The van der Waals surface area contributed by atoms with Gasteiger partial charge in [-0.05, 0) is 138 Å². The average Bonchev–Trinajstić information content (AvgIpc) is 0.844. The van der Waals surface area contributed by atoms with Crippen LogP contribution in [0, 0.1) is 69.9 Å². The SMILES string of the molecule is BrBr.C.C.C.CO.COC(=O)c1c(Br)ccc(CO)c1F.COC(=O)c1c(C#N)ccc(CO)c1F.COC(=O)c1c(C=O)ccc(CO)c1F.Cl.NCC1CCC(C(=O)CO)CC1.NCC1CCC(C(=O)O)CC1.O=C(O)c1c(Br)ccc(CO)c1F.O=C(O)c1cccc(CO)c1F.O=CO[O-].O=S(Cl)Cl.OCc1ccccc1F.[Cs+].[Cs+].[H-]. The molecule has 2 saturated carbocycles. The molecule has 8 rings (SSSR count). The van der Waals surface area contributed by atoms with Gasteiger partial charge in [0.05, 0.1) is 78.0 Å². The van der Waals surface area contributed by atoms with E-state index in [1.54, 1.807) is 24.3 Å². The second-order valence-corrected chi connectivity index (χ2v) is 25.9. The molecule has 0 heterocycles. The molecule has 0 radical (unpaired) electrons. The molecule has 45 heteroatoms. The molecule has 2 fully saturated rings. The van der Waals surface area contributed by atoms with Gasteiger partial charge in [-0.1, -0.05) is 82.9 Å². The minimum atomic E-state index is -1.67. The number of carbonyl (C=O) groups is 9. The number of rotatable bonds is 18. The number of methoxy groups -OCH3 is 3. The largest absolute Gasteiger partial charge is 1.00 e. The van der Waals surface area contributed by atoms with Crippen LogP contribution in [0.3, 0.4) is 0 Å². The number of ether oxygens (including phenoxy) is 3. The van der Waals surface area contributed by atoms with Crippen LogP contribution in [0.2, 0.25) is 0 Å². The number of nitriles is 1. The molecule has 2 aliphatic rings. The molecular formula is C74H96Br4Cl3Cs2F6N3O26S. The number of halogens is 13. The van der Waals surface area contributed by atoms with Crippen LogP contribution >= 0.6 is 93.9 Å². The van der Waals surface area contributed by atoms with Crippen molar-refractivity contribution in [2.45, 2.75) is 113 Å². The molecule has 0 aromatic heterocycles. The van der Waals surface area contributed by atoms with Crippen molar-refractivity contribution in [3.63, 3.8) is 0 Å². The molecule has 2 aliphatic carbocycles. The first kappa shape index (κ1) is 136. The van der Waals surface area contributed by atoms with Gasteiger partial charge in [-0.2, -0.15) is 5.26 Å². The summed E-state index contributed by atoms with van der Waals surface area (Å²) in [6.07, 6.45) is 7.91. The molecule has 662 valence electrons. The van der Waals surface area contributed by atoms with E-state index in [1.165, 1.54) is 73.8 Å². The summed E-state index contributed by atoms with van der Waals surface area (Å²) in [6.45, 7) is -1.80. The van der Waals surface area contributed by atoms with Crippen LogP contribution in [0.4, 0.5) is 26.3 Å². The fourth-order valence-electron chi connectivity index (χ4n) is 9.21. The molecule has 119 heavy (non-hydrogen) atoms. The minimum Gasteiger partial charge on any atom is -1.00 e. The number of esters is 3. The molecule has 29 nitrogen and oxygen atoms in total. The van der Waals surface area contributed by atoms with Gasteiger partial charge in [0, 0.05) is 111 Å². The number of aliphatic hydroxyl groups is 8. The Morgan fingerprint density at radius 1 is 0.529 bits per heavy atom. The van der Waals surface area contributed by atoms with Gasteiger partial charge >= 0.3 is 174 Å². The van der Waals surface area contributed by atoms with Gasteiger partial charge in [0.2, 0.25) is 9.23 Å². The van der Waals surface area contributed by atoms with E-state index in [2.05, 4.69) is 101 Å². The maximum atomic E-state index is 13.5. The second-order valence-electron chi connectivity index (χ2n) is 21.6. The molecule has 6 aromatic rings. The van der Waals surface area contributed by atoms with Gasteiger partial charge in [-0.25, -0.2) is 54.5 Å². The van der Waals surface area contributed by atoms with E-state index in [0.29, 0.717) is 34.7 Å². The number of carboxylic acids is 3. The third kappa shape index (κ3) is 52.4. The number of aromatic carboxylic acids is 2. The Hall–Kier alpha value is -3.38. The predicted octanol–water partition coefficient (Wildman–Crippen LogP) is 6.25. The van der Waals surface area contributed by atoms with E-state index < -0.39 is 129 Å². The van der Waals surface area contributed by atoms with Gasteiger partial charge < -0.3 is 93.4 Å². The molecule has 0 spiro atoms. The number of Topliss-reactive ketones (excluding diaryl/α,β-unsaturated/α-hetero) is 1. The van der Waals surface area contributed by atoms with Crippen LogP contribution in [-0.4, -0.2) is 163 Å². The molecule has 0 unspecified atom stereocenters. The molecule has 15 N–H and O–H groups in total. The molecule has 0 aliphatic heterocycles. The van der Waals surface area contributed by atoms with Crippen molar-refractivity contribution in [2.75, 3.05) is 48.1 Å². The quantitative estimate of drug-likeness (QED) is 0.00860. The van der Waals surface area contributed by atoms with Gasteiger partial charge in [0.15, 0.2) is 12.1 Å². The van der Waals surface area contributed by atoms with Crippen molar-refractivity contribution in [3.8, 4) is 6.07 Å². The van der Waals surface area contributed by atoms with Crippen molar-refractivity contribution in [3.05, 3.63) is 207 Å². The first-order chi connectivity index (χ1) is 53.7. The number of carboxylic acid groups (broad SMARTS) is 3. The first-order valence-electron chi connectivity index (χ1n) is 31.8. The third-order valence-electron chi connectivity index (χ3n) is 15.1. The van der Waals surface area contributed by atoms with E-state index in [0.717, 1.165) is 85.3 Å². The van der Waals surface area contributed by atoms with Gasteiger partial charge in [-0.15, -0.1) is 12.4 Å². The summed E-state index contributed by atoms with van der Waals surface area (Å²) in [6, 6.07) is 22.3. The number of nitrogens with two attached hydrogens (primary N) is 2. The Labute approximate surface area is 853 Å². The zero-order chi connectivity index (χ0) is 87.6. The predicted molar refractivity (Wildman–Crippen MR) is 438 cm³/mol. The number of aliphatic hydroxyl groups excluding tert-OH is 8. The Bertz CT molecular complexity index is 4030. The third-order valence-corrected chi connectivity index (χ3v) is 16.4. The normalized spacial score (nSPS) is 13.0. The standard InChI is InChI=1S/C10H8FNO3.C10H9FO4.C9H8BrFO3.C9H17NO2.C8H6BrFO3.C8H7FO3.C8H15NO2.C7H7FO.CH2O3.CH4O.3CH4.Br2.Cl2OS.ClH.2Cs.H/c2*1-15-10(14)8-6(4-12)2-3-7(5-13)9(8)11;1-14-9(13)7-6(10)3-2-5(4-12)8(7)11;10-5-7-1-3-8(4-2-7)9(12)6-11;9-5-2-1-4(3-11)7(10)6(5)8(12)13;9-7-5(4-10)2-1-3-6(7)8(11)12;9-5-6-1-3-7(4-2-6)8(10)11;8-7-4-2-1-3-6(7)5-9;2-1-4-3;1-2;;;;1-2;1-4(2)3;;;;/h2-3,13H,5H2,1H3;2-4,13H,5H2,1H3;2-3,12H,4H2,1H3;7-8,11H,1-6,10H2;1-2,11H,3H2,(H,12,13);1-3,10H,4H2,(H,11,12);6-7H,1-5,9H2,(H,10,11);1-4,9H,5H2;1,3H;2H,1H3;3*1H4;;;1H;;;/q;;;;;;;;;;;;;;;;2*+1;-1/p-1. The molecular weight excluding hydrogens is 2180 g/mol. The fraction of sp³-hybridized carbons (Fsp3) is 0.378. The summed E-state index contributed by atoms with van der Waals surface area (Å²) in [5.74, 6) is -9.49. The Kier molecular flexibility index (Phi) is 93.4. The topological polar surface area (TPSA) is 529 Å². The summed E-state index contributed by atoms with van der Waals surface area (Å²) in [4.78, 5) is 97.9. The maximum absolute atomic E-state index is 13.5. The van der Waals surface area contributed by atoms with Crippen LogP contribution in [0.5, 0.6) is 0 Å². The van der Waals surface area contributed by atoms with E-state index in [9.17, 15) is 64.7 Å². The smallest absolute Gasteiger partial charge is 1.00 e. The molecule has 0 amide bonds. The average molecular weight is 2280 g/mol. The minimum absolute atomic E-state index is 0. The van der Waals surface area contributed by atoms with Crippen LogP contribution in [-0.2, 0) is 82.3 Å². The first-order valence-corrected chi connectivity index (χ1v) is 39.9. The Morgan fingerprint density at radius 2 is 0.857 bits per heavy atom. The summed E-state index contributed by atoms with van der Waals surface area (Å²) >= 11 is 11.4. The van der Waals surface area contributed by atoms with Crippen molar-refractivity contribution in [1.82, 2.24) is 0 Å². The number of hydrogen-bond acceptors (Lipinski definition) is 26. The molecule has 0 saturated heterocycles. The molecule has 0 bridgehead atoms. The van der Waals surface area contributed by atoms with Gasteiger partial charge in [-0.3, -0.25) is 19.2 Å². The number of carbonyl (C=O) groups excluding carboxylic acids is 6. The van der Waals surface area contributed by atoms with Crippen LogP contribution < -0.4 is 155 Å². The second kappa shape index (κ2) is 81.7. The summed E-state index contributed by atoms with van der Waals surface area (Å²) in [5, 5.41) is 111. The molecule has 0 atom stereocenters. The number of aliphatic carboxylic acids is 1. The summed E-state index contributed by atoms with van der Waals surface area (Å²) in [5.41, 5.74) is 9.11. The fourth-order valence-corrected chi connectivity index (χ4v) is 10.2. The van der Waals surface area contributed by atoms with E-state index in [4.69, 9.17) is 87.2 Å². The number of ketones is 1. The maximum Gasteiger partial charge on any atom is 1.00 e. The van der Waals surface area contributed by atoms with Crippen LogP contribution in [0.25, 0.3) is 0 Å². The summed E-state index contributed by atoms with van der Waals surface area (Å²) in [7, 11) is 11.7. The van der Waals surface area contributed by atoms with Crippen molar-refractivity contribution in [2.24, 2.45) is 35.1 Å². The summed E-state index contributed by atoms with van der Waals surface area (Å²) < 4.78 is 102. The Morgan fingerprint density at radius 3 is 1.18 bits per heavy atom. The van der Waals surface area contributed by atoms with E-state index >= 15 is 0 Å². The number of aldehydes is 1. The Balaban J connectivity index is -0.000000123. The van der Waals surface area contributed by atoms with Crippen molar-refractivity contribution in [1.29, 1.82) is 5.26 Å². The van der Waals surface area contributed by atoms with E-state index in [1.807, 2.05) is 0 Å². The van der Waals surface area contributed by atoms with Crippen LogP contribution in [0.15, 0.2) is 99.9 Å². The van der Waals surface area contributed by atoms with Gasteiger partial charge in [0.1, 0.15) is 69.8 Å². The van der Waals surface area contributed by atoms with Crippen molar-refractivity contribution >= 4 is 157 Å². The number of nitrogens with zero attached hydrogens (tertiary/aromatic N) is 1.